The summed E-state index contributed by atoms with van der Waals surface area (Å²) in [5.41, 5.74) is -1.63. The maximum atomic E-state index is 12.7. The molecule has 210 valence electrons. The van der Waals surface area contributed by atoms with E-state index in [0.717, 1.165) is 42.8 Å². The minimum absolute atomic E-state index is 0.182. The number of amides is 4. The molecule has 3 N–H and O–H groups in total. The molecule has 0 aromatic rings. The summed E-state index contributed by atoms with van der Waals surface area (Å²) in [5.74, 6) is 0.655. The smallest absolute Gasteiger partial charge is 0.437 e. The molecule has 2 atom stereocenters. The number of hydrogen-bond donors (Lipinski definition) is 3. The lowest BCUT2D eigenvalue weighted by Crippen LogP contribution is -2.59. The lowest BCUT2D eigenvalue weighted by atomic mass is 10.2. The quantitative estimate of drug-likeness (QED) is 0.253. The van der Waals surface area contributed by atoms with Crippen LogP contribution in [0.1, 0.15) is 80.6 Å². The standard InChI is InChI=1S/C24H40N4O7S2/c1-16(29)28(21(32)33)15-24(36-13-10-14-37(24)17-11-8-9-12-17)27-18(25-19(30)34-22(2,3)4)26-20(31)35-23(5,6)7/h8-15H2,1-7H3,(H,32,33)(H2,25,26,27,30,31). The van der Waals surface area contributed by atoms with E-state index in [1.807, 2.05) is 0 Å². The fraction of sp³-hybridized carbons (Fsp3) is 0.750. The van der Waals surface area contributed by atoms with Crippen LogP contribution in [0.2, 0.25) is 0 Å². The third-order valence-corrected chi connectivity index (χ3v) is 10.2. The predicted octanol–water partition coefficient (Wildman–Crippen LogP) is 4.72. The number of imide groups is 1. The van der Waals surface area contributed by atoms with Crippen molar-refractivity contribution < 1.29 is 33.8 Å². The van der Waals surface area contributed by atoms with Crippen molar-refractivity contribution in [2.75, 3.05) is 18.1 Å². The summed E-state index contributed by atoms with van der Waals surface area (Å²) in [6, 6.07) is 0. The SMILES string of the molecule is CC(=O)N(CC1(NC(=NC(=O)OC(C)(C)C)NC(=O)OC(C)(C)C)SCCCS1=C1CCCC1)C(=O)O. The van der Waals surface area contributed by atoms with Crippen LogP contribution in [0, 0.1) is 0 Å². The average molecular weight is 561 g/mol. The summed E-state index contributed by atoms with van der Waals surface area (Å²) < 4.78 is 9.67. The number of nitrogens with zero attached hydrogens (tertiary/aromatic N) is 2. The molecule has 1 aliphatic carbocycles. The van der Waals surface area contributed by atoms with E-state index in [-0.39, 0.29) is 12.5 Å². The Morgan fingerprint density at radius 3 is 2.16 bits per heavy atom. The van der Waals surface area contributed by atoms with E-state index in [1.54, 1.807) is 41.5 Å². The number of nitrogens with one attached hydrogen (secondary N) is 2. The zero-order chi connectivity index (χ0) is 28.0. The van der Waals surface area contributed by atoms with Gasteiger partial charge in [-0.1, -0.05) is 0 Å². The number of rotatable bonds is 3. The number of guanidine groups is 1. The summed E-state index contributed by atoms with van der Waals surface area (Å²) >= 11 is 1.48. The van der Waals surface area contributed by atoms with Crippen LogP contribution in [-0.4, -0.2) is 78.5 Å². The molecule has 0 spiro atoms. The summed E-state index contributed by atoms with van der Waals surface area (Å²) in [4.78, 5) is 55.7. The van der Waals surface area contributed by atoms with Gasteiger partial charge in [0.25, 0.3) is 0 Å². The molecule has 2 fully saturated rings. The van der Waals surface area contributed by atoms with Crippen LogP contribution in [0.3, 0.4) is 0 Å². The molecule has 0 aromatic carbocycles. The van der Waals surface area contributed by atoms with Crippen molar-refractivity contribution in [1.82, 2.24) is 15.5 Å². The van der Waals surface area contributed by atoms with Gasteiger partial charge < -0.3 is 19.9 Å². The first kappa shape index (κ1) is 30.9. The number of thioether (sulfide) groups is 1. The molecule has 2 unspecified atom stereocenters. The maximum Gasteiger partial charge on any atom is 0.437 e. The first-order valence-electron chi connectivity index (χ1n) is 12.3. The molecular formula is C24H40N4O7S2. The molecule has 13 heteroatoms. The van der Waals surface area contributed by atoms with Crippen LogP contribution in [-0.2, 0) is 14.3 Å². The highest BCUT2D eigenvalue weighted by molar-refractivity contribution is 8.28. The number of carboxylic acid groups (broad SMARTS) is 1. The Labute approximate surface area is 225 Å². The predicted molar refractivity (Wildman–Crippen MR) is 147 cm³/mol. The number of carbonyl (C=O) groups is 4. The van der Waals surface area contributed by atoms with Crippen LogP contribution in [0.4, 0.5) is 14.4 Å². The highest BCUT2D eigenvalue weighted by Gasteiger charge is 2.43. The zero-order valence-corrected chi connectivity index (χ0v) is 24.4. The van der Waals surface area contributed by atoms with E-state index in [4.69, 9.17) is 9.47 Å². The first-order valence-corrected chi connectivity index (χ1v) is 14.7. The van der Waals surface area contributed by atoms with Crippen molar-refractivity contribution in [3.8, 4) is 0 Å². The van der Waals surface area contributed by atoms with Crippen LogP contribution >= 0.6 is 22.2 Å². The molecule has 1 heterocycles. The highest BCUT2D eigenvalue weighted by atomic mass is 32.2. The number of hydrogen-bond acceptors (Lipinski definition) is 7. The Morgan fingerprint density at radius 1 is 1.05 bits per heavy atom. The minimum atomic E-state index is -1.37. The van der Waals surface area contributed by atoms with Crippen molar-refractivity contribution in [2.24, 2.45) is 4.99 Å². The Kier molecular flexibility index (Phi) is 10.5. The van der Waals surface area contributed by atoms with Gasteiger partial charge in [-0.2, -0.15) is 0 Å². The van der Waals surface area contributed by atoms with Gasteiger partial charge >= 0.3 is 18.3 Å². The molecule has 1 saturated carbocycles. The monoisotopic (exact) mass is 560 g/mol. The summed E-state index contributed by atoms with van der Waals surface area (Å²) in [7, 11) is -0.472. The lowest BCUT2D eigenvalue weighted by molar-refractivity contribution is -0.126. The Hall–Kier alpha value is -2.28. The van der Waals surface area contributed by atoms with Crippen LogP contribution in [0.25, 0.3) is 0 Å². The maximum absolute atomic E-state index is 12.7. The molecular weight excluding hydrogens is 520 g/mol. The molecule has 0 radical (unpaired) electrons. The van der Waals surface area contributed by atoms with Gasteiger partial charge in [-0.15, -0.1) is 27.2 Å². The number of aliphatic imine (C=N–C) groups is 1. The number of alkyl carbamates (subject to hydrolysis) is 1. The second-order valence-electron chi connectivity index (χ2n) is 10.9. The minimum Gasteiger partial charge on any atom is -0.465 e. The van der Waals surface area contributed by atoms with Crippen molar-refractivity contribution >= 4 is 57.3 Å². The average Bonchev–Trinajstić information content (AvgIpc) is 3.23. The van der Waals surface area contributed by atoms with E-state index in [1.165, 1.54) is 23.6 Å². The largest absolute Gasteiger partial charge is 0.465 e. The molecule has 0 aromatic heterocycles. The number of ether oxygens (including phenoxy) is 2. The second kappa shape index (κ2) is 12.5. The Balaban J connectivity index is 2.58. The van der Waals surface area contributed by atoms with E-state index in [0.29, 0.717) is 5.75 Å². The van der Waals surface area contributed by atoms with Gasteiger partial charge in [0.05, 0.1) is 6.54 Å². The number of carbonyl (C=O) groups excluding carboxylic acids is 3. The Bertz CT molecular complexity index is 947. The second-order valence-corrected chi connectivity index (χ2v) is 15.0. The highest BCUT2D eigenvalue weighted by Crippen LogP contribution is 2.49. The third-order valence-electron chi connectivity index (χ3n) is 5.24. The molecule has 37 heavy (non-hydrogen) atoms. The van der Waals surface area contributed by atoms with Gasteiger partial charge in [-0.25, -0.2) is 19.3 Å². The third kappa shape index (κ3) is 9.84. The van der Waals surface area contributed by atoms with Crippen LogP contribution in [0.5, 0.6) is 0 Å². The van der Waals surface area contributed by atoms with Crippen molar-refractivity contribution in [3.63, 3.8) is 0 Å². The van der Waals surface area contributed by atoms with Gasteiger partial charge in [0, 0.05) is 6.92 Å². The zero-order valence-electron chi connectivity index (χ0n) is 22.8. The molecule has 4 amide bonds. The van der Waals surface area contributed by atoms with Gasteiger partial charge in [0.1, 0.15) is 15.4 Å². The van der Waals surface area contributed by atoms with Gasteiger partial charge in [0.2, 0.25) is 11.9 Å². The fourth-order valence-corrected chi connectivity index (χ4v) is 9.31. The van der Waals surface area contributed by atoms with Crippen LogP contribution < -0.4 is 10.6 Å². The summed E-state index contributed by atoms with van der Waals surface area (Å²) in [6.07, 6.45) is 1.70. The van der Waals surface area contributed by atoms with Gasteiger partial charge in [-0.3, -0.25) is 10.1 Å². The van der Waals surface area contributed by atoms with Crippen molar-refractivity contribution in [2.45, 2.75) is 96.0 Å². The van der Waals surface area contributed by atoms with E-state index in [2.05, 4.69) is 15.6 Å². The summed E-state index contributed by atoms with van der Waals surface area (Å²) in [5, 5.41) is 15.5. The molecule has 0 bridgehead atoms. The van der Waals surface area contributed by atoms with E-state index in [9.17, 15) is 24.3 Å². The summed E-state index contributed by atoms with van der Waals surface area (Å²) in [6.45, 7) is 11.2. The molecule has 2 rings (SSSR count). The molecule has 1 saturated heterocycles. The van der Waals surface area contributed by atoms with E-state index >= 15 is 0 Å². The van der Waals surface area contributed by atoms with Gasteiger partial charge in [0.15, 0.2) is 0 Å². The first-order chi connectivity index (χ1) is 17.0. The Morgan fingerprint density at radius 2 is 1.65 bits per heavy atom. The van der Waals surface area contributed by atoms with E-state index < -0.39 is 50.1 Å². The molecule has 1 aliphatic heterocycles. The molecule has 2 aliphatic rings. The molecule has 11 nitrogen and oxygen atoms in total. The topological polar surface area (TPSA) is 147 Å². The van der Waals surface area contributed by atoms with Crippen LogP contribution in [0.15, 0.2) is 4.99 Å². The lowest BCUT2D eigenvalue weighted by Gasteiger charge is -2.44. The fourth-order valence-electron chi connectivity index (χ4n) is 3.90. The normalized spacial score (nSPS) is 22.7. The van der Waals surface area contributed by atoms with Crippen molar-refractivity contribution in [3.05, 3.63) is 0 Å². The van der Waals surface area contributed by atoms with Crippen molar-refractivity contribution in [1.29, 1.82) is 0 Å². The van der Waals surface area contributed by atoms with Gasteiger partial charge in [-0.05, 0) is 90.0 Å².